The molecule has 0 bridgehead atoms. The first-order chi connectivity index (χ1) is 15.1. The third-order valence-corrected chi connectivity index (χ3v) is 5.00. The van der Waals surface area contributed by atoms with Crippen molar-refractivity contribution in [3.05, 3.63) is 107 Å². The van der Waals surface area contributed by atoms with Crippen molar-refractivity contribution in [1.29, 1.82) is 0 Å². The molecule has 31 heavy (non-hydrogen) atoms. The van der Waals surface area contributed by atoms with Gasteiger partial charge in [0.15, 0.2) is 0 Å². The number of halogens is 1. The highest BCUT2D eigenvalue weighted by molar-refractivity contribution is 6.32. The van der Waals surface area contributed by atoms with E-state index in [2.05, 4.69) is 20.9 Å². The molecule has 0 aliphatic rings. The number of aromatic nitrogens is 2. The number of para-hydroxylation sites is 3. The highest BCUT2D eigenvalue weighted by atomic mass is 35.5. The summed E-state index contributed by atoms with van der Waals surface area (Å²) in [4.78, 5) is 12.7. The molecule has 4 aromatic rings. The molecule has 1 heterocycles. The van der Waals surface area contributed by atoms with E-state index in [-0.39, 0.29) is 5.91 Å². The lowest BCUT2D eigenvalue weighted by atomic mass is 10.1. The topological polar surface area (TPSA) is 71.3 Å². The van der Waals surface area contributed by atoms with Crippen molar-refractivity contribution < 1.29 is 4.79 Å². The third-order valence-electron chi connectivity index (χ3n) is 4.63. The van der Waals surface area contributed by atoms with E-state index in [0.717, 1.165) is 11.4 Å². The van der Waals surface area contributed by atoms with Crippen molar-refractivity contribution in [2.75, 3.05) is 5.32 Å². The molecule has 154 valence electrons. The van der Waals surface area contributed by atoms with E-state index in [1.807, 2.05) is 79.7 Å². The highest BCUT2D eigenvalue weighted by Gasteiger charge is 2.14. The monoisotopic (exact) mass is 429 g/mol. The minimum absolute atomic E-state index is 0.334. The van der Waals surface area contributed by atoms with Crippen molar-refractivity contribution in [1.82, 2.24) is 15.2 Å². The lowest BCUT2D eigenvalue weighted by molar-refractivity contribution is 0.0956. The summed E-state index contributed by atoms with van der Waals surface area (Å²) in [5.74, 6) is -0.334. The number of anilines is 2. The van der Waals surface area contributed by atoms with Crippen molar-refractivity contribution in [2.45, 2.75) is 6.92 Å². The van der Waals surface area contributed by atoms with E-state index < -0.39 is 0 Å². The summed E-state index contributed by atoms with van der Waals surface area (Å²) >= 11 is 6.50. The van der Waals surface area contributed by atoms with Crippen LogP contribution in [0.4, 0.5) is 11.4 Å². The normalized spacial score (nSPS) is 10.9. The summed E-state index contributed by atoms with van der Waals surface area (Å²) in [5.41, 5.74) is 6.82. The van der Waals surface area contributed by atoms with Gasteiger partial charge in [-0.1, -0.05) is 60.1 Å². The molecule has 3 aromatic carbocycles. The standard InChI is InChI=1S/C24H20ClN5O/c1-17-21(23(25)30(29-17)19-12-6-3-7-13-19)16-26-28-24(31)20-14-8-9-15-22(20)27-18-10-4-2-5-11-18/h2-16,27H,1H3,(H,28,31). The van der Waals surface area contributed by atoms with Gasteiger partial charge in [0.25, 0.3) is 5.91 Å². The van der Waals surface area contributed by atoms with Gasteiger partial charge in [-0.25, -0.2) is 10.1 Å². The number of benzene rings is 3. The Kier molecular flexibility index (Phi) is 6.10. The molecular weight excluding hydrogens is 410 g/mol. The van der Waals surface area contributed by atoms with Gasteiger partial charge < -0.3 is 5.32 Å². The molecule has 0 atom stereocenters. The maximum Gasteiger partial charge on any atom is 0.273 e. The van der Waals surface area contributed by atoms with E-state index in [1.54, 1.807) is 16.8 Å². The van der Waals surface area contributed by atoms with Gasteiger partial charge in [0.2, 0.25) is 0 Å². The molecule has 1 aromatic heterocycles. The maximum absolute atomic E-state index is 12.7. The minimum atomic E-state index is -0.334. The molecule has 6 nitrogen and oxygen atoms in total. The number of carbonyl (C=O) groups excluding carboxylic acids is 1. The molecule has 4 rings (SSSR count). The molecule has 0 aliphatic heterocycles. The number of hydrazone groups is 1. The number of amides is 1. The van der Waals surface area contributed by atoms with Crippen molar-refractivity contribution in [3.63, 3.8) is 0 Å². The Balaban J connectivity index is 1.51. The van der Waals surface area contributed by atoms with Crippen LogP contribution < -0.4 is 10.7 Å². The zero-order chi connectivity index (χ0) is 21.6. The van der Waals surface area contributed by atoms with Crippen molar-refractivity contribution in [3.8, 4) is 5.69 Å². The van der Waals surface area contributed by atoms with Gasteiger partial charge in [-0.05, 0) is 43.3 Å². The minimum Gasteiger partial charge on any atom is -0.355 e. The van der Waals surface area contributed by atoms with E-state index in [9.17, 15) is 4.79 Å². The van der Waals surface area contributed by atoms with Crippen LogP contribution in [0.1, 0.15) is 21.6 Å². The molecule has 0 aliphatic carbocycles. The summed E-state index contributed by atoms with van der Waals surface area (Å²) in [5, 5.41) is 12.3. The molecule has 0 radical (unpaired) electrons. The van der Waals surface area contributed by atoms with E-state index in [0.29, 0.717) is 27.7 Å². The molecular formula is C24H20ClN5O. The number of aryl methyl sites for hydroxylation is 1. The molecule has 0 unspecified atom stereocenters. The lowest BCUT2D eigenvalue weighted by Crippen LogP contribution is -2.19. The number of hydrogen-bond donors (Lipinski definition) is 2. The molecule has 0 saturated heterocycles. The summed E-state index contributed by atoms with van der Waals surface area (Å²) in [7, 11) is 0. The first-order valence-electron chi connectivity index (χ1n) is 9.68. The van der Waals surface area contributed by atoms with E-state index in [4.69, 9.17) is 11.6 Å². The fourth-order valence-electron chi connectivity index (χ4n) is 3.08. The van der Waals surface area contributed by atoms with Crippen LogP contribution in [0.25, 0.3) is 5.69 Å². The number of hydrogen-bond acceptors (Lipinski definition) is 4. The summed E-state index contributed by atoms with van der Waals surface area (Å²) in [6.45, 7) is 1.84. The van der Waals surface area contributed by atoms with Gasteiger partial charge >= 0.3 is 0 Å². The molecule has 2 N–H and O–H groups in total. The van der Waals surface area contributed by atoms with Gasteiger partial charge in [-0.3, -0.25) is 4.79 Å². The Bertz CT molecular complexity index is 1220. The van der Waals surface area contributed by atoms with E-state index in [1.165, 1.54) is 6.21 Å². The fraction of sp³-hybridized carbons (Fsp3) is 0.0417. The Hall–Kier alpha value is -3.90. The number of carbonyl (C=O) groups is 1. The first-order valence-corrected chi connectivity index (χ1v) is 10.1. The van der Waals surface area contributed by atoms with Crippen molar-refractivity contribution in [2.24, 2.45) is 5.10 Å². The van der Waals surface area contributed by atoms with Crippen LogP contribution in [0, 0.1) is 6.92 Å². The zero-order valence-corrected chi connectivity index (χ0v) is 17.5. The second kappa shape index (κ2) is 9.28. The summed E-state index contributed by atoms with van der Waals surface area (Å²) in [6, 6.07) is 26.5. The van der Waals surface area contributed by atoms with Crippen molar-refractivity contribution >= 4 is 35.1 Å². The summed E-state index contributed by atoms with van der Waals surface area (Å²) in [6.07, 6.45) is 1.51. The number of rotatable bonds is 6. The predicted molar refractivity (Wildman–Crippen MR) is 125 cm³/mol. The van der Waals surface area contributed by atoms with Crippen LogP contribution in [0.5, 0.6) is 0 Å². The fourth-order valence-corrected chi connectivity index (χ4v) is 3.40. The van der Waals surface area contributed by atoms with Gasteiger partial charge in [0.05, 0.1) is 34.4 Å². The molecule has 1 amide bonds. The molecule has 0 saturated carbocycles. The Morgan fingerprint density at radius 2 is 1.61 bits per heavy atom. The number of nitrogens with one attached hydrogen (secondary N) is 2. The molecule has 7 heteroatoms. The SMILES string of the molecule is Cc1nn(-c2ccccc2)c(Cl)c1C=NNC(=O)c1ccccc1Nc1ccccc1. The largest absolute Gasteiger partial charge is 0.355 e. The quantitative estimate of drug-likeness (QED) is 0.321. The van der Waals surface area contributed by atoms with Crippen LogP contribution in [0.3, 0.4) is 0 Å². The Morgan fingerprint density at radius 3 is 2.35 bits per heavy atom. The second-order valence-electron chi connectivity index (χ2n) is 6.77. The second-order valence-corrected chi connectivity index (χ2v) is 7.13. The van der Waals surface area contributed by atoms with Crippen LogP contribution in [0.15, 0.2) is 90.0 Å². The average molecular weight is 430 g/mol. The summed E-state index contributed by atoms with van der Waals surface area (Å²) < 4.78 is 1.64. The van der Waals surface area contributed by atoms with Crippen LogP contribution in [0.2, 0.25) is 5.15 Å². The number of nitrogens with zero attached hydrogens (tertiary/aromatic N) is 3. The molecule has 0 spiro atoms. The first kappa shape index (κ1) is 20.4. The zero-order valence-electron chi connectivity index (χ0n) is 16.8. The smallest absolute Gasteiger partial charge is 0.273 e. The highest BCUT2D eigenvalue weighted by Crippen LogP contribution is 2.22. The van der Waals surface area contributed by atoms with Gasteiger partial charge in [-0.2, -0.15) is 10.2 Å². The molecule has 0 fully saturated rings. The third kappa shape index (κ3) is 4.65. The maximum atomic E-state index is 12.7. The predicted octanol–water partition coefficient (Wildman–Crippen LogP) is 5.34. The van der Waals surface area contributed by atoms with Crippen LogP contribution in [-0.4, -0.2) is 21.9 Å². The Labute approximate surface area is 185 Å². The van der Waals surface area contributed by atoms with Gasteiger partial charge in [0.1, 0.15) is 5.15 Å². The van der Waals surface area contributed by atoms with E-state index >= 15 is 0 Å². The van der Waals surface area contributed by atoms with Crippen LogP contribution >= 0.6 is 11.6 Å². The van der Waals surface area contributed by atoms with Gasteiger partial charge in [-0.15, -0.1) is 0 Å². The Morgan fingerprint density at radius 1 is 0.968 bits per heavy atom. The average Bonchev–Trinajstić information content (AvgIpc) is 3.09. The lowest BCUT2D eigenvalue weighted by Gasteiger charge is -2.10. The van der Waals surface area contributed by atoms with Gasteiger partial charge in [0, 0.05) is 5.69 Å². The van der Waals surface area contributed by atoms with Crippen LogP contribution in [-0.2, 0) is 0 Å².